The Morgan fingerprint density at radius 1 is 0.516 bits per heavy atom. The third-order valence-corrected chi connectivity index (χ3v) is 16.5. The van der Waals surface area contributed by atoms with E-state index >= 15 is 0 Å². The van der Waals surface area contributed by atoms with E-state index in [2.05, 4.69) is 31.9 Å². The van der Waals surface area contributed by atoms with Gasteiger partial charge in [-0.2, -0.15) is 0 Å². The van der Waals surface area contributed by atoms with Gasteiger partial charge in [0, 0.05) is 30.5 Å². The van der Waals surface area contributed by atoms with Gasteiger partial charge in [-0.25, -0.2) is 0 Å². The highest BCUT2D eigenvalue weighted by molar-refractivity contribution is 5.96. The minimum Gasteiger partial charge on any atom is -0.353 e. The molecule has 6 aliphatic rings. The zero-order valence-electron chi connectivity index (χ0n) is 39.6. The molecule has 6 fully saturated rings. The van der Waals surface area contributed by atoms with Crippen LogP contribution in [0.5, 0.6) is 0 Å². The molecule has 15 heteroatoms. The van der Waals surface area contributed by atoms with Gasteiger partial charge in [0.15, 0.2) is 5.78 Å². The van der Waals surface area contributed by atoms with Gasteiger partial charge in [0.1, 0.15) is 12.1 Å². The number of ketones is 1. The Morgan fingerprint density at radius 3 is 1.55 bits per heavy atom. The number of carbonyl (C=O) groups is 6. The largest absolute Gasteiger partial charge is 0.353 e. The van der Waals surface area contributed by atoms with E-state index in [1.807, 2.05) is 0 Å². The summed E-state index contributed by atoms with van der Waals surface area (Å²) in [5.74, 6) is 0.983. The van der Waals surface area contributed by atoms with E-state index in [0.717, 1.165) is 51.4 Å². The molecule has 0 spiro atoms. The van der Waals surface area contributed by atoms with Crippen LogP contribution in [0.2, 0.25) is 0 Å². The second kappa shape index (κ2) is 26.8. The number of nitrogens with zero attached hydrogens (tertiary/aromatic N) is 1. The van der Waals surface area contributed by atoms with Gasteiger partial charge in [-0.1, -0.05) is 96.3 Å². The molecule has 1 heterocycles. The van der Waals surface area contributed by atoms with Crippen LogP contribution in [0.3, 0.4) is 0 Å². The first kappa shape index (κ1) is 54.1. The first-order chi connectivity index (χ1) is 30.0. The molecule has 366 valence electrons. The number of fused-ring (bicyclic) bond motifs is 2. The van der Waals surface area contributed by atoms with Gasteiger partial charge in [-0.3, -0.25) is 28.8 Å². The summed E-state index contributed by atoms with van der Waals surface area (Å²) in [5.41, 5.74) is 0. The van der Waals surface area contributed by atoms with Crippen molar-refractivity contribution in [2.45, 2.75) is 217 Å². The standard InChI is InChI=1S/C49H83N7O6.2ClH/c1-31(50-3)45(58)54-41(44(57)37-23-15-24-38(37)47(60)52-39-27-13-19-33-17-9-11-21-35(33)39)25-7-5-6-8-26-42(55-46(59)32(2)51-4)49(62)56-30-16-29-43(56)48(61)53-40-28-14-20-34-18-10-12-22-36(34)40;;/h31-43,50-51H,5-30H2,1-4H3,(H,52,60)(H,53,61)(H,54,58)(H,55,59);2*1H/t31-,32-,33?,34?,35?,36?,37?,38+,39?,40?,41-,42-,43-;;/m0../s1. The van der Waals surface area contributed by atoms with Gasteiger partial charge in [0.05, 0.1) is 18.1 Å². The minimum absolute atomic E-state index is 0. The van der Waals surface area contributed by atoms with Crippen LogP contribution >= 0.6 is 24.8 Å². The first-order valence-electron chi connectivity index (χ1n) is 25.4. The Bertz CT molecular complexity index is 1430. The van der Waals surface area contributed by atoms with Gasteiger partial charge in [-0.15, -0.1) is 24.8 Å². The van der Waals surface area contributed by atoms with E-state index < -0.39 is 36.1 Å². The number of amides is 5. The molecule has 64 heavy (non-hydrogen) atoms. The number of hydrogen-bond donors (Lipinski definition) is 6. The lowest BCUT2D eigenvalue weighted by Gasteiger charge is -2.42. The Labute approximate surface area is 397 Å². The molecule has 13 atom stereocenters. The zero-order chi connectivity index (χ0) is 44.2. The topological polar surface area (TPSA) is 178 Å². The summed E-state index contributed by atoms with van der Waals surface area (Å²) in [5, 5.41) is 18.9. The van der Waals surface area contributed by atoms with Gasteiger partial charge >= 0.3 is 0 Å². The third kappa shape index (κ3) is 14.0. The average molecular weight is 939 g/mol. The van der Waals surface area contributed by atoms with E-state index in [0.29, 0.717) is 75.2 Å². The van der Waals surface area contributed by atoms with E-state index in [1.165, 1.54) is 64.2 Å². The van der Waals surface area contributed by atoms with E-state index in [4.69, 9.17) is 0 Å². The summed E-state index contributed by atoms with van der Waals surface area (Å²) in [6.07, 6.45) is 24.1. The zero-order valence-corrected chi connectivity index (χ0v) is 41.2. The predicted molar refractivity (Wildman–Crippen MR) is 256 cm³/mol. The number of rotatable bonds is 20. The van der Waals surface area contributed by atoms with Crippen molar-refractivity contribution in [3.63, 3.8) is 0 Å². The van der Waals surface area contributed by atoms with Crippen LogP contribution in [-0.4, -0.2) is 103 Å². The van der Waals surface area contributed by atoms with Crippen molar-refractivity contribution in [1.29, 1.82) is 0 Å². The molecular weight excluding hydrogens is 853 g/mol. The Hall–Kier alpha value is -2.48. The van der Waals surface area contributed by atoms with Crippen LogP contribution in [0.15, 0.2) is 0 Å². The number of carbonyl (C=O) groups excluding carboxylic acids is 6. The summed E-state index contributed by atoms with van der Waals surface area (Å²) in [6, 6.07) is -2.51. The number of Topliss-reactive ketones (excluding diaryl/α,β-unsaturated/α-hetero) is 1. The molecule has 0 aromatic rings. The Kier molecular flexibility index (Phi) is 22.6. The number of unbranched alkanes of at least 4 members (excludes halogenated alkanes) is 3. The van der Waals surface area contributed by atoms with Crippen LogP contribution in [0, 0.1) is 35.5 Å². The summed E-state index contributed by atoms with van der Waals surface area (Å²) >= 11 is 0. The maximum absolute atomic E-state index is 14.3. The molecular formula is C49H85Cl2N7O6. The molecule has 6 rings (SSSR count). The summed E-state index contributed by atoms with van der Waals surface area (Å²) in [7, 11) is 3.44. The SMILES string of the molecule is CN[C@@H](C)C(=O)N[C@@H](CCCCCC[C@H](NC(=O)[C@H](C)NC)C(=O)N1CCC[C@H]1C(=O)NC1CCCC2CCCCC21)C(=O)C1CCC[C@H]1C(=O)NC1CCCC2CCCCC21.Cl.Cl. The number of nitrogens with one attached hydrogen (secondary N) is 6. The van der Waals surface area contributed by atoms with Crippen LogP contribution < -0.4 is 31.9 Å². The maximum atomic E-state index is 14.3. The molecule has 1 saturated heterocycles. The second-order valence-electron chi connectivity index (χ2n) is 20.4. The van der Waals surface area contributed by atoms with E-state index in [-0.39, 0.29) is 78.1 Å². The second-order valence-corrected chi connectivity index (χ2v) is 20.4. The summed E-state index contributed by atoms with van der Waals surface area (Å²) in [6.45, 7) is 4.04. The highest BCUT2D eigenvalue weighted by atomic mass is 35.5. The van der Waals surface area contributed by atoms with Crippen molar-refractivity contribution in [1.82, 2.24) is 36.8 Å². The van der Waals surface area contributed by atoms with E-state index in [1.54, 1.807) is 32.8 Å². The highest BCUT2D eigenvalue weighted by Crippen LogP contribution is 2.42. The molecule has 7 unspecified atom stereocenters. The maximum Gasteiger partial charge on any atom is 0.245 e. The van der Waals surface area contributed by atoms with Gasteiger partial charge in [0.2, 0.25) is 29.5 Å². The monoisotopic (exact) mass is 938 g/mol. The fraction of sp³-hybridized carbons (Fsp3) is 0.878. The lowest BCUT2D eigenvalue weighted by molar-refractivity contribution is -0.142. The number of likely N-dealkylation sites (tertiary alicyclic amines) is 1. The Morgan fingerprint density at radius 2 is 0.984 bits per heavy atom. The Balaban J connectivity index is 0.00000449. The van der Waals surface area contributed by atoms with Crippen molar-refractivity contribution in [2.24, 2.45) is 35.5 Å². The van der Waals surface area contributed by atoms with Crippen LogP contribution in [-0.2, 0) is 28.8 Å². The van der Waals surface area contributed by atoms with Gasteiger partial charge in [-0.05, 0) is 116 Å². The normalized spacial score (nSPS) is 30.7. The van der Waals surface area contributed by atoms with Crippen molar-refractivity contribution >= 4 is 60.1 Å². The summed E-state index contributed by atoms with van der Waals surface area (Å²) in [4.78, 5) is 84.4. The number of hydrogen-bond acceptors (Lipinski definition) is 8. The first-order valence-corrected chi connectivity index (χ1v) is 25.4. The predicted octanol–water partition coefficient (Wildman–Crippen LogP) is 6.28. The third-order valence-electron chi connectivity index (χ3n) is 16.5. The molecule has 6 N–H and O–H groups in total. The molecule has 0 bridgehead atoms. The van der Waals surface area contributed by atoms with Crippen molar-refractivity contribution < 1.29 is 28.8 Å². The van der Waals surface area contributed by atoms with Crippen LogP contribution in [0.4, 0.5) is 0 Å². The minimum atomic E-state index is -0.746. The van der Waals surface area contributed by atoms with Crippen LogP contribution in [0.1, 0.15) is 174 Å². The van der Waals surface area contributed by atoms with Crippen molar-refractivity contribution in [2.75, 3.05) is 20.6 Å². The molecule has 0 aromatic carbocycles. The average Bonchev–Trinajstić information content (AvgIpc) is 4.00. The quantitative estimate of drug-likeness (QED) is 0.0773. The van der Waals surface area contributed by atoms with E-state index in [9.17, 15) is 28.8 Å². The van der Waals surface area contributed by atoms with Gasteiger partial charge in [0.25, 0.3) is 0 Å². The lowest BCUT2D eigenvalue weighted by atomic mass is 9.68. The molecule has 0 radical (unpaired) electrons. The van der Waals surface area contributed by atoms with Gasteiger partial charge < -0.3 is 36.8 Å². The highest BCUT2D eigenvalue weighted by Gasteiger charge is 2.44. The number of likely N-dealkylation sites (N-methyl/N-ethyl adjacent to an activating group) is 2. The fourth-order valence-electron chi connectivity index (χ4n) is 12.6. The molecule has 5 amide bonds. The molecule has 5 saturated carbocycles. The molecule has 13 nitrogen and oxygen atoms in total. The fourth-order valence-corrected chi connectivity index (χ4v) is 12.6. The van der Waals surface area contributed by atoms with Crippen molar-refractivity contribution in [3.8, 4) is 0 Å². The molecule has 0 aromatic heterocycles. The smallest absolute Gasteiger partial charge is 0.245 e. The van der Waals surface area contributed by atoms with Crippen LogP contribution in [0.25, 0.3) is 0 Å². The number of halogens is 2. The lowest BCUT2D eigenvalue weighted by Crippen LogP contribution is -2.57. The molecule has 1 aliphatic heterocycles. The molecule has 5 aliphatic carbocycles. The van der Waals surface area contributed by atoms with Crippen molar-refractivity contribution in [3.05, 3.63) is 0 Å². The summed E-state index contributed by atoms with van der Waals surface area (Å²) < 4.78 is 0.